The van der Waals surface area contributed by atoms with Gasteiger partial charge in [0.15, 0.2) is 12.2 Å². The SMILES string of the molecule is CCCCOC(=O)C(OCCC)C(OCCC)C(=O)OCCCC. The molecule has 0 bridgehead atoms. The van der Waals surface area contributed by atoms with Crippen LogP contribution >= 0.6 is 0 Å². The minimum atomic E-state index is -1.08. The lowest BCUT2D eigenvalue weighted by Gasteiger charge is -2.24. The molecule has 0 saturated heterocycles. The zero-order valence-electron chi connectivity index (χ0n) is 15.7. The lowest BCUT2D eigenvalue weighted by molar-refractivity contribution is -0.183. The first-order valence-electron chi connectivity index (χ1n) is 9.18. The summed E-state index contributed by atoms with van der Waals surface area (Å²) in [5, 5.41) is 0. The minimum Gasteiger partial charge on any atom is -0.464 e. The third kappa shape index (κ3) is 9.88. The molecule has 0 spiro atoms. The Bertz CT molecular complexity index is 299. The van der Waals surface area contributed by atoms with Crippen molar-refractivity contribution in [1.29, 1.82) is 0 Å². The molecule has 0 amide bonds. The lowest BCUT2D eigenvalue weighted by atomic mass is 10.2. The van der Waals surface area contributed by atoms with Crippen LogP contribution in [0.3, 0.4) is 0 Å². The predicted octanol–water partition coefficient (Wildman–Crippen LogP) is 3.26. The average Bonchev–Trinajstić information content (AvgIpc) is 2.58. The Balaban J connectivity index is 4.94. The lowest BCUT2D eigenvalue weighted by Crippen LogP contribution is -2.46. The summed E-state index contributed by atoms with van der Waals surface area (Å²) in [6.45, 7) is 9.21. The summed E-state index contributed by atoms with van der Waals surface area (Å²) in [6.07, 6.45) is 2.67. The van der Waals surface area contributed by atoms with Crippen molar-refractivity contribution in [3.63, 3.8) is 0 Å². The van der Waals surface area contributed by atoms with E-state index in [0.717, 1.165) is 38.5 Å². The molecule has 0 heterocycles. The topological polar surface area (TPSA) is 71.1 Å². The molecule has 6 nitrogen and oxygen atoms in total. The molecule has 24 heavy (non-hydrogen) atoms. The predicted molar refractivity (Wildman–Crippen MR) is 91.8 cm³/mol. The van der Waals surface area contributed by atoms with Crippen LogP contribution in [0.5, 0.6) is 0 Å². The zero-order valence-corrected chi connectivity index (χ0v) is 15.7. The molecule has 142 valence electrons. The molecule has 0 aromatic rings. The maximum Gasteiger partial charge on any atom is 0.338 e. The molecule has 0 rings (SSSR count). The van der Waals surface area contributed by atoms with Gasteiger partial charge in [0, 0.05) is 13.2 Å². The Hall–Kier alpha value is -1.14. The van der Waals surface area contributed by atoms with Crippen LogP contribution < -0.4 is 0 Å². The summed E-state index contributed by atoms with van der Waals surface area (Å²) in [6, 6.07) is 0. The van der Waals surface area contributed by atoms with E-state index in [1.165, 1.54) is 0 Å². The molecule has 0 aliphatic carbocycles. The summed E-state index contributed by atoms with van der Waals surface area (Å²) in [4.78, 5) is 24.7. The zero-order chi connectivity index (χ0) is 18.2. The van der Waals surface area contributed by atoms with Crippen LogP contribution in [0.2, 0.25) is 0 Å². The number of esters is 2. The molecule has 0 aromatic heterocycles. The highest BCUT2D eigenvalue weighted by Gasteiger charge is 2.38. The molecule has 2 atom stereocenters. The summed E-state index contributed by atoms with van der Waals surface area (Å²) in [5.74, 6) is -1.13. The summed E-state index contributed by atoms with van der Waals surface area (Å²) >= 11 is 0. The number of hydrogen-bond acceptors (Lipinski definition) is 6. The van der Waals surface area contributed by atoms with Crippen LogP contribution in [-0.4, -0.2) is 50.6 Å². The fourth-order valence-electron chi connectivity index (χ4n) is 1.85. The highest BCUT2D eigenvalue weighted by atomic mass is 16.6. The number of hydrogen-bond donors (Lipinski definition) is 0. The second-order valence-electron chi connectivity index (χ2n) is 5.62. The first-order valence-corrected chi connectivity index (χ1v) is 9.18. The second kappa shape index (κ2) is 15.4. The molecule has 0 aliphatic rings. The van der Waals surface area contributed by atoms with E-state index in [0.29, 0.717) is 26.4 Å². The van der Waals surface area contributed by atoms with Crippen LogP contribution in [0.4, 0.5) is 0 Å². The highest BCUT2D eigenvalue weighted by Crippen LogP contribution is 2.12. The molecular formula is C18H34O6. The molecule has 0 N–H and O–H groups in total. The normalized spacial score (nSPS) is 13.3. The van der Waals surface area contributed by atoms with Crippen LogP contribution in [0.1, 0.15) is 66.2 Å². The van der Waals surface area contributed by atoms with Crippen molar-refractivity contribution in [2.24, 2.45) is 0 Å². The van der Waals surface area contributed by atoms with Crippen molar-refractivity contribution in [3.05, 3.63) is 0 Å². The van der Waals surface area contributed by atoms with Gasteiger partial charge in [-0.3, -0.25) is 0 Å². The van der Waals surface area contributed by atoms with Crippen molar-refractivity contribution >= 4 is 11.9 Å². The number of rotatable bonds is 15. The maximum absolute atomic E-state index is 12.3. The van der Waals surface area contributed by atoms with E-state index < -0.39 is 24.1 Å². The van der Waals surface area contributed by atoms with Gasteiger partial charge < -0.3 is 18.9 Å². The Kier molecular flexibility index (Phi) is 14.7. The quantitative estimate of drug-likeness (QED) is 0.335. The van der Waals surface area contributed by atoms with Gasteiger partial charge in [0.1, 0.15) is 0 Å². The van der Waals surface area contributed by atoms with E-state index in [4.69, 9.17) is 18.9 Å². The van der Waals surface area contributed by atoms with Gasteiger partial charge in [0.05, 0.1) is 13.2 Å². The molecule has 0 radical (unpaired) electrons. The molecule has 0 aromatic carbocycles. The van der Waals surface area contributed by atoms with Crippen molar-refractivity contribution in [3.8, 4) is 0 Å². The Morgan fingerprint density at radius 3 is 1.29 bits per heavy atom. The summed E-state index contributed by atoms with van der Waals surface area (Å²) < 4.78 is 21.6. The van der Waals surface area contributed by atoms with Gasteiger partial charge in [-0.1, -0.05) is 40.5 Å². The fraction of sp³-hybridized carbons (Fsp3) is 0.889. The van der Waals surface area contributed by atoms with Gasteiger partial charge in [0.2, 0.25) is 0 Å². The highest BCUT2D eigenvalue weighted by molar-refractivity contribution is 5.85. The maximum atomic E-state index is 12.3. The Morgan fingerprint density at radius 2 is 1.00 bits per heavy atom. The Labute approximate surface area is 146 Å². The summed E-state index contributed by atoms with van der Waals surface area (Å²) in [5.41, 5.74) is 0. The third-order valence-corrected chi connectivity index (χ3v) is 3.23. The molecule has 2 unspecified atom stereocenters. The van der Waals surface area contributed by atoms with E-state index in [-0.39, 0.29) is 0 Å². The van der Waals surface area contributed by atoms with Crippen molar-refractivity contribution in [1.82, 2.24) is 0 Å². The standard InChI is InChI=1S/C18H34O6/c1-5-9-13-23-17(19)15(21-11-7-3)16(22-12-8-4)18(20)24-14-10-6-2/h15-16H,5-14H2,1-4H3. The fourth-order valence-corrected chi connectivity index (χ4v) is 1.85. The van der Waals surface area contributed by atoms with Crippen molar-refractivity contribution < 1.29 is 28.5 Å². The molecule has 6 heteroatoms. The van der Waals surface area contributed by atoms with Gasteiger partial charge in [-0.05, 0) is 25.7 Å². The Morgan fingerprint density at radius 1 is 0.625 bits per heavy atom. The van der Waals surface area contributed by atoms with Gasteiger partial charge in [-0.15, -0.1) is 0 Å². The van der Waals surface area contributed by atoms with Crippen LogP contribution in [0.25, 0.3) is 0 Å². The van der Waals surface area contributed by atoms with E-state index in [2.05, 4.69) is 0 Å². The van der Waals surface area contributed by atoms with Crippen molar-refractivity contribution in [2.45, 2.75) is 78.4 Å². The summed E-state index contributed by atoms with van der Waals surface area (Å²) in [7, 11) is 0. The second-order valence-corrected chi connectivity index (χ2v) is 5.62. The van der Waals surface area contributed by atoms with Crippen molar-refractivity contribution in [2.75, 3.05) is 26.4 Å². The minimum absolute atomic E-state index is 0.312. The van der Waals surface area contributed by atoms with Gasteiger partial charge in [0.25, 0.3) is 0 Å². The molecule has 0 fully saturated rings. The van der Waals surface area contributed by atoms with E-state index in [1.54, 1.807) is 0 Å². The molecule has 0 aliphatic heterocycles. The van der Waals surface area contributed by atoms with Gasteiger partial charge in [-0.2, -0.15) is 0 Å². The van der Waals surface area contributed by atoms with Gasteiger partial charge >= 0.3 is 11.9 Å². The van der Waals surface area contributed by atoms with E-state index >= 15 is 0 Å². The first kappa shape index (κ1) is 22.9. The largest absolute Gasteiger partial charge is 0.464 e. The monoisotopic (exact) mass is 346 g/mol. The molecular weight excluding hydrogens is 312 g/mol. The van der Waals surface area contributed by atoms with Crippen LogP contribution in [-0.2, 0) is 28.5 Å². The number of carbonyl (C=O) groups excluding carboxylic acids is 2. The smallest absolute Gasteiger partial charge is 0.338 e. The van der Waals surface area contributed by atoms with Crippen LogP contribution in [0, 0.1) is 0 Å². The number of unbranched alkanes of at least 4 members (excludes halogenated alkanes) is 2. The third-order valence-electron chi connectivity index (χ3n) is 3.23. The average molecular weight is 346 g/mol. The molecule has 0 saturated carbocycles. The number of ether oxygens (including phenoxy) is 4. The first-order chi connectivity index (χ1) is 11.6. The number of carbonyl (C=O) groups is 2. The van der Waals surface area contributed by atoms with Crippen LogP contribution in [0.15, 0.2) is 0 Å². The van der Waals surface area contributed by atoms with E-state index in [1.807, 2.05) is 27.7 Å². The van der Waals surface area contributed by atoms with E-state index in [9.17, 15) is 9.59 Å². The van der Waals surface area contributed by atoms with Gasteiger partial charge in [-0.25, -0.2) is 9.59 Å².